The lowest BCUT2D eigenvalue weighted by molar-refractivity contribution is -0.117. The Balaban J connectivity index is 1.73. The van der Waals surface area contributed by atoms with Crippen LogP contribution in [0.25, 0.3) is 0 Å². The maximum Gasteiger partial charge on any atom is 0.238 e. The van der Waals surface area contributed by atoms with Crippen molar-refractivity contribution in [2.24, 2.45) is 5.92 Å². The Labute approximate surface area is 140 Å². The molecule has 1 aliphatic heterocycles. The molecule has 2 N–H and O–H groups in total. The maximum atomic E-state index is 12.1. The first-order valence-corrected chi connectivity index (χ1v) is 8.74. The molecule has 1 fully saturated rings. The van der Waals surface area contributed by atoms with Crippen LogP contribution in [0.2, 0.25) is 0 Å². The molecule has 0 bridgehead atoms. The van der Waals surface area contributed by atoms with Crippen molar-refractivity contribution in [1.29, 1.82) is 0 Å². The highest BCUT2D eigenvalue weighted by Crippen LogP contribution is 2.18. The quantitative estimate of drug-likeness (QED) is 0.721. The van der Waals surface area contributed by atoms with Crippen molar-refractivity contribution in [2.75, 3.05) is 38.0 Å². The van der Waals surface area contributed by atoms with Gasteiger partial charge in [0, 0.05) is 3.57 Å². The van der Waals surface area contributed by atoms with Gasteiger partial charge in [-0.25, -0.2) is 0 Å². The molecule has 1 saturated heterocycles. The number of carbonyl (C=O) groups is 1. The van der Waals surface area contributed by atoms with Crippen molar-refractivity contribution in [2.45, 2.75) is 19.8 Å². The van der Waals surface area contributed by atoms with Gasteiger partial charge in [0.1, 0.15) is 0 Å². The number of nitrogens with zero attached hydrogens (tertiary/aromatic N) is 1. The SMILES string of the molecule is CCNCC1CCN(CC(=O)Nc2ccccc2I)CC1. The van der Waals surface area contributed by atoms with E-state index in [9.17, 15) is 4.79 Å². The topological polar surface area (TPSA) is 44.4 Å². The molecule has 1 heterocycles. The van der Waals surface area contributed by atoms with Crippen LogP contribution in [0.3, 0.4) is 0 Å². The molecule has 0 aliphatic carbocycles. The van der Waals surface area contributed by atoms with Crippen LogP contribution >= 0.6 is 22.6 Å². The summed E-state index contributed by atoms with van der Waals surface area (Å²) in [6, 6.07) is 7.88. The van der Waals surface area contributed by atoms with E-state index in [0.717, 1.165) is 41.4 Å². The predicted molar refractivity (Wildman–Crippen MR) is 95.5 cm³/mol. The Morgan fingerprint density at radius 3 is 2.71 bits per heavy atom. The van der Waals surface area contributed by atoms with Gasteiger partial charge >= 0.3 is 0 Å². The lowest BCUT2D eigenvalue weighted by atomic mass is 9.97. The predicted octanol–water partition coefficient (Wildman–Crippen LogP) is 2.55. The number of benzene rings is 1. The lowest BCUT2D eigenvalue weighted by Gasteiger charge is -2.31. The minimum atomic E-state index is 0.0873. The van der Waals surface area contributed by atoms with Crippen molar-refractivity contribution in [1.82, 2.24) is 10.2 Å². The highest BCUT2D eigenvalue weighted by molar-refractivity contribution is 14.1. The third-order valence-corrected chi connectivity index (χ3v) is 4.85. The van der Waals surface area contributed by atoms with Crippen LogP contribution in [0, 0.1) is 9.49 Å². The molecular weight excluding hydrogens is 377 g/mol. The number of carbonyl (C=O) groups excluding carboxylic acids is 1. The first-order chi connectivity index (χ1) is 10.2. The Morgan fingerprint density at radius 2 is 2.05 bits per heavy atom. The summed E-state index contributed by atoms with van der Waals surface area (Å²) in [7, 11) is 0. The number of rotatable bonds is 6. The summed E-state index contributed by atoms with van der Waals surface area (Å²) in [6.07, 6.45) is 2.37. The summed E-state index contributed by atoms with van der Waals surface area (Å²) < 4.78 is 1.08. The number of hydrogen-bond donors (Lipinski definition) is 2. The molecule has 116 valence electrons. The van der Waals surface area contributed by atoms with Crippen LogP contribution in [0.5, 0.6) is 0 Å². The number of hydrogen-bond acceptors (Lipinski definition) is 3. The average molecular weight is 401 g/mol. The highest BCUT2D eigenvalue weighted by atomic mass is 127. The van der Waals surface area contributed by atoms with Crippen molar-refractivity contribution in [3.8, 4) is 0 Å². The molecule has 1 aromatic rings. The van der Waals surface area contributed by atoms with Gasteiger partial charge in [-0.3, -0.25) is 9.69 Å². The molecule has 1 aliphatic rings. The van der Waals surface area contributed by atoms with Crippen LogP contribution in [0.1, 0.15) is 19.8 Å². The molecule has 0 spiro atoms. The van der Waals surface area contributed by atoms with E-state index in [1.165, 1.54) is 12.8 Å². The van der Waals surface area contributed by atoms with E-state index in [1.807, 2.05) is 24.3 Å². The molecule has 2 rings (SSSR count). The summed E-state index contributed by atoms with van der Waals surface area (Å²) in [5, 5.41) is 6.42. The van der Waals surface area contributed by atoms with E-state index >= 15 is 0 Å². The van der Waals surface area contributed by atoms with Gasteiger partial charge in [0.15, 0.2) is 0 Å². The van der Waals surface area contributed by atoms with Gasteiger partial charge in [0.05, 0.1) is 12.2 Å². The first-order valence-electron chi connectivity index (χ1n) is 7.66. The largest absolute Gasteiger partial charge is 0.324 e. The van der Waals surface area contributed by atoms with E-state index in [1.54, 1.807) is 0 Å². The molecular formula is C16H24IN3O. The second kappa shape index (κ2) is 8.70. The average Bonchev–Trinajstić information content (AvgIpc) is 2.49. The molecule has 0 saturated carbocycles. The molecule has 0 unspecified atom stereocenters. The van der Waals surface area contributed by atoms with Gasteiger partial charge in [-0.1, -0.05) is 19.1 Å². The number of piperidine rings is 1. The van der Waals surface area contributed by atoms with Crippen LogP contribution in [0.4, 0.5) is 5.69 Å². The Hall–Kier alpha value is -0.660. The monoisotopic (exact) mass is 401 g/mol. The number of nitrogens with one attached hydrogen (secondary N) is 2. The molecule has 21 heavy (non-hydrogen) atoms. The number of halogens is 1. The van der Waals surface area contributed by atoms with Crippen molar-refractivity contribution < 1.29 is 4.79 Å². The van der Waals surface area contributed by atoms with E-state index < -0.39 is 0 Å². The van der Waals surface area contributed by atoms with Crippen LogP contribution in [-0.4, -0.2) is 43.5 Å². The van der Waals surface area contributed by atoms with E-state index in [0.29, 0.717) is 6.54 Å². The molecule has 1 amide bonds. The third kappa shape index (κ3) is 5.56. The van der Waals surface area contributed by atoms with Crippen LogP contribution in [0.15, 0.2) is 24.3 Å². The molecule has 0 atom stereocenters. The standard InChI is InChI=1S/C16H24IN3O/c1-2-18-11-13-7-9-20(10-8-13)12-16(21)19-15-6-4-3-5-14(15)17/h3-6,13,18H,2,7-12H2,1H3,(H,19,21). The summed E-state index contributed by atoms with van der Waals surface area (Å²) >= 11 is 2.24. The Morgan fingerprint density at radius 1 is 1.33 bits per heavy atom. The van der Waals surface area contributed by atoms with Gasteiger partial charge in [0.2, 0.25) is 5.91 Å². The van der Waals surface area contributed by atoms with Gasteiger partial charge in [-0.05, 0) is 79.7 Å². The molecule has 0 aromatic heterocycles. The summed E-state index contributed by atoms with van der Waals surface area (Å²) in [6.45, 7) is 6.84. The zero-order valence-corrected chi connectivity index (χ0v) is 14.7. The van der Waals surface area contributed by atoms with Crippen molar-refractivity contribution in [3.63, 3.8) is 0 Å². The van der Waals surface area contributed by atoms with Gasteiger partial charge in [0.25, 0.3) is 0 Å². The van der Waals surface area contributed by atoms with Gasteiger partial charge in [-0.15, -0.1) is 0 Å². The van der Waals surface area contributed by atoms with Crippen LogP contribution < -0.4 is 10.6 Å². The van der Waals surface area contributed by atoms with Crippen LogP contribution in [-0.2, 0) is 4.79 Å². The molecule has 1 aromatic carbocycles. The number of likely N-dealkylation sites (tertiary alicyclic amines) is 1. The van der Waals surface area contributed by atoms with Crippen molar-refractivity contribution in [3.05, 3.63) is 27.8 Å². The second-order valence-electron chi connectivity index (χ2n) is 5.56. The zero-order chi connectivity index (χ0) is 15.1. The molecule has 0 radical (unpaired) electrons. The van der Waals surface area contributed by atoms with Gasteiger partial charge < -0.3 is 10.6 Å². The van der Waals surface area contributed by atoms with Crippen molar-refractivity contribution >= 4 is 34.2 Å². The van der Waals surface area contributed by atoms with E-state index in [4.69, 9.17) is 0 Å². The Kier molecular flexibility index (Phi) is 6.92. The minimum absolute atomic E-state index is 0.0873. The Bertz CT molecular complexity index is 459. The molecule has 4 nitrogen and oxygen atoms in total. The fourth-order valence-corrected chi connectivity index (χ4v) is 3.17. The lowest BCUT2D eigenvalue weighted by Crippen LogP contribution is -2.41. The fourth-order valence-electron chi connectivity index (χ4n) is 2.65. The third-order valence-electron chi connectivity index (χ3n) is 3.91. The highest BCUT2D eigenvalue weighted by Gasteiger charge is 2.20. The normalized spacial score (nSPS) is 16.9. The first kappa shape index (κ1) is 16.7. The zero-order valence-electron chi connectivity index (χ0n) is 12.6. The van der Waals surface area contributed by atoms with E-state index in [2.05, 4.69) is 45.0 Å². The van der Waals surface area contributed by atoms with E-state index in [-0.39, 0.29) is 5.91 Å². The fraction of sp³-hybridized carbons (Fsp3) is 0.562. The number of anilines is 1. The smallest absolute Gasteiger partial charge is 0.238 e. The summed E-state index contributed by atoms with van der Waals surface area (Å²) in [5.74, 6) is 0.851. The molecule has 5 heteroatoms. The second-order valence-corrected chi connectivity index (χ2v) is 6.72. The number of para-hydroxylation sites is 1. The summed E-state index contributed by atoms with van der Waals surface area (Å²) in [5.41, 5.74) is 0.908. The van der Waals surface area contributed by atoms with Gasteiger partial charge in [-0.2, -0.15) is 0 Å². The summed E-state index contributed by atoms with van der Waals surface area (Å²) in [4.78, 5) is 14.4. The minimum Gasteiger partial charge on any atom is -0.324 e. The number of amides is 1. The maximum absolute atomic E-state index is 12.1.